The Labute approximate surface area is 346 Å². The van der Waals surface area contributed by atoms with Gasteiger partial charge < -0.3 is 4.57 Å². The molecular weight excluding hydrogens is 884 g/mol. The van der Waals surface area contributed by atoms with Gasteiger partial charge in [-0.3, -0.25) is 0 Å². The summed E-state index contributed by atoms with van der Waals surface area (Å²) >= 11 is 0. The van der Waals surface area contributed by atoms with Crippen LogP contribution in [0.25, 0.3) is 38.8 Å². The summed E-state index contributed by atoms with van der Waals surface area (Å²) in [5.41, 5.74) is 7.29. The summed E-state index contributed by atoms with van der Waals surface area (Å²) in [7, 11) is -3.23. The largest absolute Gasteiger partial charge is 0.319 e. The predicted molar refractivity (Wildman–Crippen MR) is 229 cm³/mol. The normalized spacial score (nSPS) is 13.6. The molecule has 5 nitrogen and oxygen atoms in total. The van der Waals surface area contributed by atoms with Gasteiger partial charge in [-0.05, 0) is 69.7 Å². The van der Waals surface area contributed by atoms with Crippen molar-refractivity contribution >= 4 is 67.7 Å². The Hall–Kier alpha value is -6.04. The van der Waals surface area contributed by atoms with E-state index < -0.39 is 15.0 Å². The van der Waals surface area contributed by atoms with Crippen LogP contribution in [0.3, 0.4) is 0 Å². The standard InChI is InChI=1S/C49H36N4OSi.Pt/c1-35-16-9-10-23-42(35)36-30-31-50-49(32-36)52-45-25-12-11-24-43(45)44-29-28-41(34-48(44)52)55(38-18-5-3-6-19-38,39-20-7-4-8-21-39)40-22-15-17-37(33-40)53-47-27-14-13-26-46(47)51(2)54-53;/h3-32H,1-2H3;/q-2;/p+1/i2D3;. The number of hydrogen-bond donors (Lipinski definition) is 0. The Morgan fingerprint density at radius 3 is 2.07 bits per heavy atom. The van der Waals surface area contributed by atoms with E-state index in [4.69, 9.17) is 9.10 Å². The SMILES string of the molecule is [2H]C([2H])([2H])N1[OH+]N(c2[c-]c([Si](c3[c-]c4c(cc3)c3ccccc3n4-c3cc(-c4ccccc4C)ccn3)(c3ccccc3)c3ccccc3)ccc2)c2ccccc21.[Pt]. The maximum atomic E-state index is 8.27. The Morgan fingerprint density at radius 2 is 1.30 bits per heavy atom. The maximum Gasteiger partial charge on any atom is 0.145 e. The van der Waals surface area contributed by atoms with E-state index in [0.29, 0.717) is 17.1 Å². The van der Waals surface area contributed by atoms with Gasteiger partial charge in [-0.15, -0.1) is 21.6 Å². The summed E-state index contributed by atoms with van der Waals surface area (Å²) in [6.45, 7) is -0.328. The summed E-state index contributed by atoms with van der Waals surface area (Å²) in [4.78, 5) is 9.64. The van der Waals surface area contributed by atoms with Crippen molar-refractivity contribution in [1.29, 1.82) is 0 Å². The molecule has 274 valence electrons. The van der Waals surface area contributed by atoms with Crippen LogP contribution in [0.2, 0.25) is 0 Å². The van der Waals surface area contributed by atoms with Gasteiger partial charge in [0.25, 0.3) is 0 Å². The van der Waals surface area contributed by atoms with Crippen LogP contribution in [0.4, 0.5) is 17.1 Å². The third-order valence-corrected chi connectivity index (χ3v) is 15.4. The number of nitrogens with zero attached hydrogens (tertiary/aromatic N) is 4. The smallest absolute Gasteiger partial charge is 0.145 e. The molecular formula is C49H37N4OPtSi-. The van der Waals surface area contributed by atoms with Gasteiger partial charge in [0.15, 0.2) is 0 Å². The number of aromatic nitrogens is 2. The molecule has 0 radical (unpaired) electrons. The van der Waals surface area contributed by atoms with Gasteiger partial charge in [0, 0.05) is 38.5 Å². The maximum absolute atomic E-state index is 8.27. The van der Waals surface area contributed by atoms with Gasteiger partial charge in [0.05, 0.1) is 11.1 Å². The molecule has 1 aliphatic heterocycles. The van der Waals surface area contributed by atoms with E-state index in [1.165, 1.54) is 11.1 Å². The first-order valence-corrected chi connectivity index (χ1v) is 20.4. The minimum atomic E-state index is -3.23. The first-order chi connectivity index (χ1) is 28.3. The van der Waals surface area contributed by atoms with E-state index in [9.17, 15) is 0 Å². The molecule has 0 atom stereocenters. The number of hydrogen-bond acceptors (Lipinski definition) is 3. The molecule has 7 aromatic carbocycles. The number of anilines is 3. The Balaban J connectivity index is 0.00000449. The van der Waals surface area contributed by atoms with Crippen molar-refractivity contribution in [2.24, 2.45) is 0 Å². The fourth-order valence-electron chi connectivity index (χ4n) is 8.25. The molecule has 0 amide bonds. The minimum absolute atomic E-state index is 0. The van der Waals surface area contributed by atoms with Crippen molar-refractivity contribution < 1.29 is 30.1 Å². The van der Waals surface area contributed by atoms with Crippen molar-refractivity contribution in [2.75, 3.05) is 17.1 Å². The third-order valence-electron chi connectivity index (χ3n) is 10.8. The van der Waals surface area contributed by atoms with Crippen molar-refractivity contribution in [3.8, 4) is 16.9 Å². The number of rotatable bonds is 7. The van der Waals surface area contributed by atoms with Crippen LogP contribution in [-0.4, -0.2) is 29.5 Å². The van der Waals surface area contributed by atoms with Crippen LogP contribution in [0, 0.1) is 19.1 Å². The number of para-hydroxylation sites is 3. The Kier molecular flexibility index (Phi) is 8.37. The fraction of sp³-hybridized carbons (Fsp3) is 0.0408. The van der Waals surface area contributed by atoms with Gasteiger partial charge in [-0.25, -0.2) is 4.98 Å². The Bertz CT molecular complexity index is 2940. The zero-order chi connectivity index (χ0) is 39.4. The zero-order valence-electron chi connectivity index (χ0n) is 33.4. The zero-order valence-corrected chi connectivity index (χ0v) is 33.6. The van der Waals surface area contributed by atoms with E-state index in [1.54, 1.807) is 11.1 Å². The number of fused-ring (bicyclic) bond motifs is 4. The fourth-order valence-corrected chi connectivity index (χ4v) is 12.8. The van der Waals surface area contributed by atoms with Gasteiger partial charge >= 0.3 is 0 Å². The summed E-state index contributed by atoms with van der Waals surface area (Å²) in [5.74, 6) is 0.814. The van der Waals surface area contributed by atoms with Crippen LogP contribution in [-0.2, 0) is 21.1 Å². The van der Waals surface area contributed by atoms with Crippen LogP contribution in [0.15, 0.2) is 182 Å². The molecule has 0 aliphatic carbocycles. The van der Waals surface area contributed by atoms with Crippen LogP contribution >= 0.6 is 0 Å². The quantitative estimate of drug-likeness (QED) is 0.0697. The van der Waals surface area contributed by atoms with Crippen molar-refractivity contribution in [2.45, 2.75) is 6.92 Å². The third kappa shape index (κ3) is 5.72. The molecule has 0 fully saturated rings. The molecule has 0 saturated heterocycles. The monoisotopic (exact) mass is 923 g/mol. The molecule has 10 rings (SSSR count). The molecule has 1 N–H and O–H groups in total. The molecule has 0 spiro atoms. The average molecular weight is 924 g/mol. The molecule has 3 heterocycles. The molecule has 7 heteroatoms. The van der Waals surface area contributed by atoms with Gasteiger partial charge in [0.2, 0.25) is 0 Å². The van der Waals surface area contributed by atoms with Gasteiger partial charge in [-0.2, -0.15) is 51.7 Å². The minimum Gasteiger partial charge on any atom is -0.319 e. The number of benzene rings is 7. The summed E-state index contributed by atoms with van der Waals surface area (Å²) in [5, 5.41) is 9.38. The van der Waals surface area contributed by atoms with E-state index >= 15 is 0 Å². The van der Waals surface area contributed by atoms with Crippen molar-refractivity contribution in [3.05, 3.63) is 200 Å². The molecule has 2 aromatic heterocycles. The Morgan fingerprint density at radius 1 is 0.625 bits per heavy atom. The van der Waals surface area contributed by atoms with Gasteiger partial charge in [0.1, 0.15) is 25.3 Å². The number of aryl methyl sites for hydroxylation is 1. The first-order valence-electron chi connectivity index (χ1n) is 19.9. The van der Waals surface area contributed by atoms with Gasteiger partial charge in [-0.1, -0.05) is 121 Å². The topological polar surface area (TPSA) is 37.1 Å². The number of hydroxylamine groups is 1. The van der Waals surface area contributed by atoms with E-state index in [0.717, 1.165) is 59.0 Å². The summed E-state index contributed by atoms with van der Waals surface area (Å²) in [6, 6.07) is 68.4. The molecule has 9 aromatic rings. The molecule has 56 heavy (non-hydrogen) atoms. The second-order valence-electron chi connectivity index (χ2n) is 13.8. The summed E-state index contributed by atoms with van der Waals surface area (Å²) < 4.78 is 27.0. The summed E-state index contributed by atoms with van der Waals surface area (Å²) in [6.07, 6.45) is 1.89. The predicted octanol–water partition coefficient (Wildman–Crippen LogP) is 8.56. The molecule has 1 aliphatic rings. The van der Waals surface area contributed by atoms with E-state index in [1.807, 2.05) is 36.5 Å². The molecule has 0 bridgehead atoms. The van der Waals surface area contributed by atoms with Crippen LogP contribution in [0.5, 0.6) is 0 Å². The average Bonchev–Trinajstić information content (AvgIpc) is 3.82. The van der Waals surface area contributed by atoms with Crippen LogP contribution in [0.1, 0.15) is 9.68 Å². The van der Waals surface area contributed by atoms with Crippen LogP contribution < -0.4 is 30.9 Å². The van der Waals surface area contributed by atoms with E-state index in [2.05, 4.69) is 168 Å². The van der Waals surface area contributed by atoms with Crippen molar-refractivity contribution in [1.82, 2.24) is 9.55 Å². The van der Waals surface area contributed by atoms with E-state index in [-0.39, 0.29) is 21.1 Å². The second-order valence-corrected chi connectivity index (χ2v) is 17.6. The van der Waals surface area contributed by atoms with Crippen molar-refractivity contribution in [3.63, 3.8) is 0 Å². The number of pyridine rings is 1. The molecule has 0 saturated carbocycles. The second kappa shape index (κ2) is 14.6. The molecule has 0 unspecified atom stereocenters. The first kappa shape index (κ1) is 32.2.